The highest BCUT2D eigenvalue weighted by atomic mass is 32.2. The number of nitrogens with one attached hydrogen (secondary N) is 1. The first kappa shape index (κ1) is 25.1. The van der Waals surface area contributed by atoms with Crippen LogP contribution < -0.4 is 16.0 Å². The summed E-state index contributed by atoms with van der Waals surface area (Å²) in [6.07, 6.45) is -1.54. The number of carboxylic acid groups (broad SMARTS) is 1. The number of para-hydroxylation sites is 1. The maximum atomic E-state index is 13.3. The second kappa shape index (κ2) is 10.3. The molecule has 0 bridgehead atoms. The molecule has 0 aliphatic rings. The Morgan fingerprint density at radius 2 is 1.53 bits per heavy atom. The third-order valence-corrected chi connectivity index (χ3v) is 7.43. The highest BCUT2D eigenvalue weighted by Gasteiger charge is 2.25. The number of nitrogens with zero attached hydrogens (tertiary/aromatic N) is 2. The SMILES string of the molecule is Cn1c(=O)n(C(CCCC(=O)O)NS(=O)(=O)c2ccc(-c3ccccc3)cc2)c(=O)c2ccccc21. The number of fused-ring (bicyclic) bond motifs is 1. The van der Waals surface area contributed by atoms with Crippen molar-refractivity contribution in [3.8, 4) is 11.1 Å². The lowest BCUT2D eigenvalue weighted by atomic mass is 10.1. The molecule has 0 saturated carbocycles. The Kier molecular flexibility index (Phi) is 7.18. The van der Waals surface area contributed by atoms with E-state index in [2.05, 4.69) is 4.72 Å². The zero-order valence-electron chi connectivity index (χ0n) is 19.5. The second-order valence-corrected chi connectivity index (χ2v) is 10.1. The molecule has 36 heavy (non-hydrogen) atoms. The molecule has 0 amide bonds. The highest BCUT2D eigenvalue weighted by molar-refractivity contribution is 7.89. The summed E-state index contributed by atoms with van der Waals surface area (Å²) < 4.78 is 31.1. The Balaban J connectivity index is 1.73. The summed E-state index contributed by atoms with van der Waals surface area (Å²) in [6.45, 7) is 0. The number of aliphatic carboxylic acids is 1. The number of hydrogen-bond acceptors (Lipinski definition) is 5. The van der Waals surface area contributed by atoms with Crippen molar-refractivity contribution in [2.45, 2.75) is 30.3 Å². The van der Waals surface area contributed by atoms with Crippen LogP contribution in [0.4, 0.5) is 0 Å². The molecule has 0 saturated heterocycles. The molecule has 1 atom stereocenters. The molecule has 0 spiro atoms. The Morgan fingerprint density at radius 3 is 2.19 bits per heavy atom. The molecular weight excluding hydrogens is 482 g/mol. The first-order valence-electron chi connectivity index (χ1n) is 11.3. The number of sulfonamides is 1. The first-order chi connectivity index (χ1) is 17.2. The van der Waals surface area contributed by atoms with Crippen molar-refractivity contribution in [3.05, 3.63) is 99.7 Å². The van der Waals surface area contributed by atoms with Gasteiger partial charge in [-0.25, -0.2) is 17.8 Å². The fourth-order valence-electron chi connectivity index (χ4n) is 4.09. The number of aryl methyl sites for hydroxylation is 1. The number of hydrogen-bond donors (Lipinski definition) is 2. The predicted octanol–water partition coefficient (Wildman–Crippen LogP) is 3.10. The Bertz CT molecular complexity index is 1620. The van der Waals surface area contributed by atoms with Crippen molar-refractivity contribution in [3.63, 3.8) is 0 Å². The average molecular weight is 508 g/mol. The summed E-state index contributed by atoms with van der Waals surface area (Å²) in [7, 11) is -2.67. The normalized spacial score (nSPS) is 12.5. The highest BCUT2D eigenvalue weighted by Crippen LogP contribution is 2.22. The smallest absolute Gasteiger partial charge is 0.332 e. The van der Waals surface area contributed by atoms with Crippen molar-refractivity contribution in [2.75, 3.05) is 0 Å². The summed E-state index contributed by atoms with van der Waals surface area (Å²) >= 11 is 0. The van der Waals surface area contributed by atoms with Crippen LogP contribution in [0.25, 0.3) is 22.0 Å². The molecule has 0 radical (unpaired) electrons. The van der Waals surface area contributed by atoms with Gasteiger partial charge in [-0.2, -0.15) is 4.72 Å². The monoisotopic (exact) mass is 507 g/mol. The van der Waals surface area contributed by atoms with Crippen LogP contribution in [0, 0.1) is 0 Å². The standard InChI is InChI=1S/C26H25N3O6S/c1-28-22-11-6-5-10-21(22)25(32)29(26(28)33)23(12-7-13-24(30)31)27-36(34,35)20-16-14-19(15-17-20)18-8-3-2-4-9-18/h2-6,8-11,14-17,23,27H,7,12-13H2,1H3,(H,30,31). The molecule has 0 fully saturated rings. The summed E-state index contributed by atoms with van der Waals surface area (Å²) in [6, 6.07) is 22.2. The van der Waals surface area contributed by atoms with Crippen LogP contribution in [-0.4, -0.2) is 28.6 Å². The van der Waals surface area contributed by atoms with E-state index >= 15 is 0 Å². The molecule has 1 aromatic heterocycles. The van der Waals surface area contributed by atoms with Gasteiger partial charge in [-0.05, 0) is 48.2 Å². The zero-order valence-corrected chi connectivity index (χ0v) is 20.3. The van der Waals surface area contributed by atoms with E-state index in [0.29, 0.717) is 5.52 Å². The molecule has 10 heteroatoms. The van der Waals surface area contributed by atoms with E-state index in [0.717, 1.165) is 15.7 Å². The molecule has 4 rings (SSSR count). The van der Waals surface area contributed by atoms with E-state index in [1.807, 2.05) is 30.3 Å². The molecule has 0 aliphatic carbocycles. The van der Waals surface area contributed by atoms with Crippen LogP contribution >= 0.6 is 0 Å². The van der Waals surface area contributed by atoms with Crippen molar-refractivity contribution >= 4 is 26.9 Å². The second-order valence-electron chi connectivity index (χ2n) is 8.35. The molecule has 0 aliphatic heterocycles. The summed E-state index contributed by atoms with van der Waals surface area (Å²) in [4.78, 5) is 37.4. The summed E-state index contributed by atoms with van der Waals surface area (Å²) in [5.41, 5.74) is 0.795. The maximum absolute atomic E-state index is 13.3. The van der Waals surface area contributed by atoms with Crippen LogP contribution in [-0.2, 0) is 21.9 Å². The van der Waals surface area contributed by atoms with Crippen LogP contribution in [0.15, 0.2) is 93.3 Å². The minimum atomic E-state index is -4.16. The Labute approximate surface area is 207 Å². The van der Waals surface area contributed by atoms with E-state index in [-0.39, 0.29) is 29.5 Å². The third kappa shape index (κ3) is 5.14. The lowest BCUT2D eigenvalue weighted by molar-refractivity contribution is -0.137. The quantitative estimate of drug-likeness (QED) is 0.358. The number of benzene rings is 3. The van der Waals surface area contributed by atoms with Crippen LogP contribution in [0.1, 0.15) is 25.4 Å². The van der Waals surface area contributed by atoms with Crippen LogP contribution in [0.2, 0.25) is 0 Å². The van der Waals surface area contributed by atoms with Gasteiger partial charge < -0.3 is 5.11 Å². The van der Waals surface area contributed by atoms with Gasteiger partial charge in [-0.3, -0.25) is 14.2 Å². The lowest BCUT2D eigenvalue weighted by Gasteiger charge is -2.22. The van der Waals surface area contributed by atoms with Gasteiger partial charge in [-0.15, -0.1) is 0 Å². The molecular formula is C26H25N3O6S. The molecule has 3 aromatic carbocycles. The van der Waals surface area contributed by atoms with Crippen molar-refractivity contribution in [2.24, 2.45) is 7.05 Å². The minimum absolute atomic E-state index is 0.0453. The van der Waals surface area contributed by atoms with E-state index in [4.69, 9.17) is 5.11 Å². The van der Waals surface area contributed by atoms with Gasteiger partial charge >= 0.3 is 11.7 Å². The molecule has 4 aromatic rings. The van der Waals surface area contributed by atoms with Gasteiger partial charge in [0.2, 0.25) is 10.0 Å². The molecule has 186 valence electrons. The number of aromatic nitrogens is 2. The number of carboxylic acids is 1. The van der Waals surface area contributed by atoms with Gasteiger partial charge in [0.05, 0.1) is 15.8 Å². The average Bonchev–Trinajstić information content (AvgIpc) is 2.87. The molecule has 9 nitrogen and oxygen atoms in total. The van der Waals surface area contributed by atoms with Crippen LogP contribution in [0.3, 0.4) is 0 Å². The Morgan fingerprint density at radius 1 is 0.917 bits per heavy atom. The van der Waals surface area contributed by atoms with E-state index in [9.17, 15) is 22.8 Å². The first-order valence-corrected chi connectivity index (χ1v) is 12.8. The summed E-state index contributed by atoms with van der Waals surface area (Å²) in [5.74, 6) is -1.06. The third-order valence-electron chi connectivity index (χ3n) is 5.95. The Hall–Kier alpha value is -4.02. The topological polar surface area (TPSA) is 127 Å². The largest absolute Gasteiger partial charge is 0.481 e. The lowest BCUT2D eigenvalue weighted by Crippen LogP contribution is -2.47. The van der Waals surface area contributed by atoms with E-state index < -0.39 is 33.4 Å². The van der Waals surface area contributed by atoms with E-state index in [1.165, 1.54) is 23.7 Å². The van der Waals surface area contributed by atoms with Crippen molar-refractivity contribution in [1.82, 2.24) is 13.9 Å². The van der Waals surface area contributed by atoms with Crippen molar-refractivity contribution in [1.29, 1.82) is 0 Å². The van der Waals surface area contributed by atoms with Crippen molar-refractivity contribution < 1.29 is 18.3 Å². The predicted molar refractivity (Wildman–Crippen MR) is 136 cm³/mol. The van der Waals surface area contributed by atoms with E-state index in [1.54, 1.807) is 36.4 Å². The van der Waals surface area contributed by atoms with Gasteiger partial charge in [0, 0.05) is 13.5 Å². The molecule has 2 N–H and O–H groups in total. The number of carbonyl (C=O) groups is 1. The van der Waals surface area contributed by atoms with Crippen LogP contribution in [0.5, 0.6) is 0 Å². The van der Waals surface area contributed by atoms with Gasteiger partial charge in [0.15, 0.2) is 0 Å². The number of rotatable bonds is 9. The molecule has 1 heterocycles. The molecule has 1 unspecified atom stereocenters. The summed E-state index contributed by atoms with van der Waals surface area (Å²) in [5, 5.41) is 9.29. The fraction of sp³-hybridized carbons (Fsp3) is 0.192. The van der Waals surface area contributed by atoms with Gasteiger partial charge in [0.1, 0.15) is 6.17 Å². The van der Waals surface area contributed by atoms with Gasteiger partial charge in [0.25, 0.3) is 5.56 Å². The van der Waals surface area contributed by atoms with Gasteiger partial charge in [-0.1, -0.05) is 54.6 Å². The fourth-order valence-corrected chi connectivity index (χ4v) is 5.31. The minimum Gasteiger partial charge on any atom is -0.481 e. The zero-order chi connectivity index (χ0) is 25.9. The maximum Gasteiger partial charge on any atom is 0.332 e.